The maximum Gasteiger partial charge on any atom is 0.224 e. The molecule has 5 heteroatoms. The third-order valence-electron chi connectivity index (χ3n) is 5.24. The van der Waals surface area contributed by atoms with E-state index in [1.54, 1.807) is 7.11 Å². The largest absolute Gasteiger partial charge is 0.384 e. The molecule has 2 aromatic rings. The van der Waals surface area contributed by atoms with Crippen LogP contribution >= 0.6 is 0 Å². The number of carbonyl (C=O) groups excluding carboxylic acids is 1. The summed E-state index contributed by atoms with van der Waals surface area (Å²) in [5.74, 6) is 0.860. The average Bonchev–Trinajstić information content (AvgIpc) is 2.89. The standard InChI is InChI=1S/C20H29N3O2/c1-3-22-11-7-18-14-17(15-21-20(18)22)13-16-5-4-9-23(10-6-16)19(24)8-12-25-2/h7,11,14-16H,3-6,8-10,12-13H2,1-2H3/t16-/m1/s1. The summed E-state index contributed by atoms with van der Waals surface area (Å²) in [4.78, 5) is 18.9. The molecular weight excluding hydrogens is 314 g/mol. The van der Waals surface area contributed by atoms with Gasteiger partial charge in [0.25, 0.3) is 0 Å². The molecule has 1 saturated heterocycles. The minimum absolute atomic E-state index is 0.228. The van der Waals surface area contributed by atoms with E-state index in [0.717, 1.165) is 44.5 Å². The van der Waals surface area contributed by atoms with Crippen LogP contribution in [0.5, 0.6) is 0 Å². The fourth-order valence-electron chi connectivity index (χ4n) is 3.79. The molecule has 136 valence electrons. The highest BCUT2D eigenvalue weighted by Crippen LogP contribution is 2.24. The van der Waals surface area contributed by atoms with Crippen molar-refractivity contribution in [3.8, 4) is 0 Å². The molecule has 0 aromatic carbocycles. The third kappa shape index (κ3) is 4.40. The lowest BCUT2D eigenvalue weighted by Crippen LogP contribution is -2.32. The monoisotopic (exact) mass is 343 g/mol. The number of aryl methyl sites for hydroxylation is 1. The number of likely N-dealkylation sites (tertiary alicyclic amines) is 1. The lowest BCUT2D eigenvalue weighted by atomic mass is 9.93. The summed E-state index contributed by atoms with van der Waals surface area (Å²) in [6.45, 7) is 5.36. The van der Waals surface area contributed by atoms with E-state index in [1.807, 2.05) is 11.1 Å². The molecule has 0 aliphatic carbocycles. The fraction of sp³-hybridized carbons (Fsp3) is 0.600. The second kappa shape index (κ2) is 8.48. The van der Waals surface area contributed by atoms with Crippen LogP contribution < -0.4 is 0 Å². The molecule has 1 atom stereocenters. The Balaban J connectivity index is 1.59. The summed E-state index contributed by atoms with van der Waals surface area (Å²) in [6, 6.07) is 4.43. The van der Waals surface area contributed by atoms with Gasteiger partial charge >= 0.3 is 0 Å². The van der Waals surface area contributed by atoms with Gasteiger partial charge in [-0.1, -0.05) is 0 Å². The lowest BCUT2D eigenvalue weighted by Gasteiger charge is -2.20. The van der Waals surface area contributed by atoms with Crippen molar-refractivity contribution >= 4 is 16.9 Å². The molecule has 3 rings (SSSR count). The van der Waals surface area contributed by atoms with Gasteiger partial charge in [-0.05, 0) is 56.2 Å². The molecule has 0 saturated carbocycles. The highest BCUT2D eigenvalue weighted by molar-refractivity contribution is 5.77. The van der Waals surface area contributed by atoms with E-state index in [0.29, 0.717) is 18.9 Å². The molecule has 3 heterocycles. The predicted octanol–water partition coefficient (Wildman–Crippen LogP) is 3.26. The van der Waals surface area contributed by atoms with Gasteiger partial charge < -0.3 is 14.2 Å². The van der Waals surface area contributed by atoms with E-state index in [4.69, 9.17) is 4.74 Å². The first-order valence-electron chi connectivity index (χ1n) is 9.41. The molecule has 0 spiro atoms. The van der Waals surface area contributed by atoms with E-state index >= 15 is 0 Å². The highest BCUT2D eigenvalue weighted by Gasteiger charge is 2.20. The number of hydrogen-bond donors (Lipinski definition) is 0. The molecule has 5 nitrogen and oxygen atoms in total. The number of fused-ring (bicyclic) bond motifs is 1. The fourth-order valence-corrected chi connectivity index (χ4v) is 3.79. The van der Waals surface area contributed by atoms with Gasteiger partial charge in [-0.2, -0.15) is 0 Å². The van der Waals surface area contributed by atoms with E-state index in [1.165, 1.54) is 17.4 Å². The molecule has 1 aliphatic heterocycles. The van der Waals surface area contributed by atoms with Crippen molar-refractivity contribution in [1.29, 1.82) is 0 Å². The van der Waals surface area contributed by atoms with Gasteiger partial charge in [0, 0.05) is 44.5 Å². The van der Waals surface area contributed by atoms with Crippen molar-refractivity contribution in [2.75, 3.05) is 26.8 Å². The molecule has 0 bridgehead atoms. The molecule has 0 radical (unpaired) electrons. The van der Waals surface area contributed by atoms with Gasteiger partial charge in [-0.3, -0.25) is 4.79 Å². The SMILES string of the molecule is CCn1ccc2cc(C[C@@H]3CCCN(C(=O)CCOC)CC3)cnc21. The first kappa shape index (κ1) is 17.9. The summed E-state index contributed by atoms with van der Waals surface area (Å²) < 4.78 is 7.20. The van der Waals surface area contributed by atoms with E-state index < -0.39 is 0 Å². The van der Waals surface area contributed by atoms with Gasteiger partial charge in [0.15, 0.2) is 0 Å². The Hall–Kier alpha value is -1.88. The van der Waals surface area contributed by atoms with Crippen LogP contribution in [-0.2, 0) is 22.5 Å². The maximum atomic E-state index is 12.2. The lowest BCUT2D eigenvalue weighted by molar-refractivity contribution is -0.132. The van der Waals surface area contributed by atoms with E-state index in [2.05, 4.69) is 34.8 Å². The number of rotatable bonds is 6. The second-order valence-corrected chi connectivity index (χ2v) is 6.98. The van der Waals surface area contributed by atoms with Gasteiger partial charge in [0.2, 0.25) is 5.91 Å². The number of hydrogen-bond acceptors (Lipinski definition) is 3. The zero-order chi connectivity index (χ0) is 17.6. The Morgan fingerprint density at radius 3 is 3.04 bits per heavy atom. The van der Waals surface area contributed by atoms with E-state index in [-0.39, 0.29) is 5.91 Å². The normalized spacial score (nSPS) is 18.5. The van der Waals surface area contributed by atoms with Crippen LogP contribution in [0.4, 0.5) is 0 Å². The zero-order valence-electron chi connectivity index (χ0n) is 15.4. The molecule has 0 unspecified atom stereocenters. The molecule has 0 N–H and O–H groups in total. The number of aromatic nitrogens is 2. The predicted molar refractivity (Wildman–Crippen MR) is 99.5 cm³/mol. The minimum Gasteiger partial charge on any atom is -0.384 e. The first-order chi connectivity index (χ1) is 12.2. The smallest absolute Gasteiger partial charge is 0.224 e. The number of pyridine rings is 1. The minimum atomic E-state index is 0.228. The molecule has 25 heavy (non-hydrogen) atoms. The number of methoxy groups -OCH3 is 1. The Bertz CT molecular complexity index is 710. The maximum absolute atomic E-state index is 12.2. The average molecular weight is 343 g/mol. The summed E-state index contributed by atoms with van der Waals surface area (Å²) in [5.41, 5.74) is 2.38. The highest BCUT2D eigenvalue weighted by atomic mass is 16.5. The molecular formula is C20H29N3O2. The van der Waals surface area contributed by atoms with Crippen LogP contribution in [0, 0.1) is 5.92 Å². The number of carbonyl (C=O) groups is 1. The van der Waals surface area contributed by atoms with Crippen molar-refractivity contribution in [2.45, 2.75) is 45.6 Å². The summed E-state index contributed by atoms with van der Waals surface area (Å²) in [5, 5.41) is 1.23. The van der Waals surface area contributed by atoms with Gasteiger partial charge in [0.1, 0.15) is 5.65 Å². The van der Waals surface area contributed by atoms with Crippen molar-refractivity contribution in [1.82, 2.24) is 14.5 Å². The number of ether oxygens (including phenoxy) is 1. The Kier molecular flexibility index (Phi) is 6.08. The van der Waals surface area contributed by atoms with Crippen molar-refractivity contribution in [2.24, 2.45) is 5.92 Å². The Labute approximate surface area is 150 Å². The molecule has 1 aliphatic rings. The summed E-state index contributed by atoms with van der Waals surface area (Å²) in [7, 11) is 1.64. The second-order valence-electron chi connectivity index (χ2n) is 6.98. The van der Waals surface area contributed by atoms with Gasteiger partial charge in [-0.15, -0.1) is 0 Å². The zero-order valence-corrected chi connectivity index (χ0v) is 15.4. The molecule has 1 fully saturated rings. The van der Waals surface area contributed by atoms with Crippen LogP contribution in [0.25, 0.3) is 11.0 Å². The van der Waals surface area contributed by atoms with E-state index in [9.17, 15) is 4.79 Å². The Morgan fingerprint density at radius 2 is 2.24 bits per heavy atom. The van der Waals surface area contributed by atoms with Crippen molar-refractivity contribution in [3.63, 3.8) is 0 Å². The number of amides is 1. The molecule has 2 aromatic heterocycles. The summed E-state index contributed by atoms with van der Waals surface area (Å²) in [6.07, 6.45) is 9.04. The quantitative estimate of drug-likeness (QED) is 0.809. The first-order valence-corrected chi connectivity index (χ1v) is 9.41. The van der Waals surface area contributed by atoms with Crippen LogP contribution in [0.15, 0.2) is 24.5 Å². The number of nitrogens with zero attached hydrogens (tertiary/aromatic N) is 3. The topological polar surface area (TPSA) is 47.4 Å². The van der Waals surface area contributed by atoms with Crippen molar-refractivity contribution < 1.29 is 9.53 Å². The van der Waals surface area contributed by atoms with Crippen LogP contribution in [0.1, 0.15) is 38.2 Å². The van der Waals surface area contributed by atoms with Gasteiger partial charge in [0.05, 0.1) is 13.0 Å². The third-order valence-corrected chi connectivity index (χ3v) is 5.24. The Morgan fingerprint density at radius 1 is 1.36 bits per heavy atom. The van der Waals surface area contributed by atoms with Crippen LogP contribution in [0.2, 0.25) is 0 Å². The van der Waals surface area contributed by atoms with Crippen LogP contribution in [0.3, 0.4) is 0 Å². The molecule has 1 amide bonds. The van der Waals surface area contributed by atoms with Crippen LogP contribution in [-0.4, -0.2) is 47.2 Å². The van der Waals surface area contributed by atoms with Crippen molar-refractivity contribution in [3.05, 3.63) is 30.1 Å². The van der Waals surface area contributed by atoms with Gasteiger partial charge in [-0.25, -0.2) is 4.98 Å². The summed E-state index contributed by atoms with van der Waals surface area (Å²) >= 11 is 0.